The average Bonchev–Trinajstić information content (AvgIpc) is 3.62. The molecule has 1 heterocycles. The first kappa shape index (κ1) is 27.6. The number of hydrogen-bond donors (Lipinski definition) is 3. The number of carbonyl (C=O) groups is 1. The number of aliphatic hydroxyl groups excluding tert-OH is 1. The van der Waals surface area contributed by atoms with Crippen LogP contribution in [0.2, 0.25) is 0 Å². The van der Waals surface area contributed by atoms with Gasteiger partial charge in [0.15, 0.2) is 0 Å². The molecule has 3 aliphatic carbocycles. The second kappa shape index (κ2) is 10.6. The highest BCUT2D eigenvalue weighted by molar-refractivity contribution is 7.92. The Bertz CT molecular complexity index is 1400. The molecule has 0 radical (unpaired) electrons. The highest BCUT2D eigenvalue weighted by Gasteiger charge is 2.43. The molecule has 8 nitrogen and oxygen atoms in total. The maximum Gasteiger partial charge on any atom is 0.257 e. The molecule has 2 aromatic rings. The highest BCUT2D eigenvalue weighted by atomic mass is 32.2. The number of carbonyl (C=O) groups excluding carboxylic acids is 1. The molecule has 11 heteroatoms. The molecule has 0 aliphatic heterocycles. The van der Waals surface area contributed by atoms with Crippen LogP contribution in [0.4, 0.5) is 20.3 Å². The van der Waals surface area contributed by atoms with Gasteiger partial charge >= 0.3 is 0 Å². The number of amides is 1. The zero-order valence-corrected chi connectivity index (χ0v) is 22.8. The number of halogens is 2. The standard InChI is InChI=1S/C28H34F2N4O4S/c1-18-16-24(32-25(31-18)20-6-10-28(29,30)11-7-20)33-26(36)22-3-2-21(34-39(37,38)15-14-35)17-23(22)19-4-8-27(9-5-19)12-13-27/h2-4,16-17,20,34-35H,5-15H2,1H3,(H,31,32,33,36). The van der Waals surface area contributed by atoms with Crippen molar-refractivity contribution in [2.45, 2.75) is 76.6 Å². The van der Waals surface area contributed by atoms with Crippen molar-refractivity contribution in [1.29, 1.82) is 0 Å². The fraction of sp³-hybridized carbons (Fsp3) is 0.536. The number of sulfonamides is 1. The van der Waals surface area contributed by atoms with Gasteiger partial charge in [-0.2, -0.15) is 0 Å². The van der Waals surface area contributed by atoms with E-state index < -0.39 is 34.2 Å². The van der Waals surface area contributed by atoms with Crippen molar-refractivity contribution in [1.82, 2.24) is 9.97 Å². The number of allylic oxidation sites excluding steroid dienone is 2. The van der Waals surface area contributed by atoms with E-state index in [-0.39, 0.29) is 31.6 Å². The van der Waals surface area contributed by atoms with Crippen molar-refractivity contribution in [3.63, 3.8) is 0 Å². The Morgan fingerprint density at radius 1 is 1.10 bits per heavy atom. The fourth-order valence-electron chi connectivity index (χ4n) is 5.56. The van der Waals surface area contributed by atoms with Crippen LogP contribution in [0.15, 0.2) is 30.3 Å². The van der Waals surface area contributed by atoms with Crippen molar-refractivity contribution >= 4 is 33.0 Å². The molecule has 1 aromatic carbocycles. The summed E-state index contributed by atoms with van der Waals surface area (Å²) in [6.07, 6.45) is 7.48. The largest absolute Gasteiger partial charge is 0.395 e. The predicted octanol–water partition coefficient (Wildman–Crippen LogP) is 5.41. The number of aryl methyl sites for hydroxylation is 1. The lowest BCUT2D eigenvalue weighted by Crippen LogP contribution is -2.25. The third-order valence-electron chi connectivity index (χ3n) is 8.10. The van der Waals surface area contributed by atoms with Gasteiger partial charge in [0, 0.05) is 41.8 Å². The predicted molar refractivity (Wildman–Crippen MR) is 145 cm³/mol. The first-order chi connectivity index (χ1) is 18.5. The van der Waals surface area contributed by atoms with Crippen LogP contribution >= 0.6 is 0 Å². The number of anilines is 2. The molecule has 1 aromatic heterocycles. The number of nitrogens with one attached hydrogen (secondary N) is 2. The lowest BCUT2D eigenvalue weighted by Gasteiger charge is -2.27. The van der Waals surface area contributed by atoms with Gasteiger partial charge in [-0.3, -0.25) is 9.52 Å². The summed E-state index contributed by atoms with van der Waals surface area (Å²) in [5.74, 6) is -2.92. The number of rotatable bonds is 8. The monoisotopic (exact) mass is 560 g/mol. The SMILES string of the molecule is Cc1cc(NC(=O)c2ccc(NS(=O)(=O)CCO)cc2C2=CCC3(CC2)CC3)nc(C2CCC(F)(F)CC2)n1. The lowest BCUT2D eigenvalue weighted by molar-refractivity contribution is -0.0387. The van der Waals surface area contributed by atoms with Gasteiger partial charge in [0.2, 0.25) is 15.9 Å². The number of aliphatic hydroxyl groups is 1. The fourth-order valence-corrected chi connectivity index (χ4v) is 6.39. The van der Waals surface area contributed by atoms with Crippen molar-refractivity contribution in [2.24, 2.45) is 5.41 Å². The van der Waals surface area contributed by atoms with Crippen LogP contribution in [0, 0.1) is 12.3 Å². The molecule has 0 saturated heterocycles. The maximum absolute atomic E-state index is 13.7. The van der Waals surface area contributed by atoms with Crippen molar-refractivity contribution < 1.29 is 27.1 Å². The van der Waals surface area contributed by atoms with Gasteiger partial charge in [0.05, 0.1) is 12.4 Å². The zero-order valence-electron chi connectivity index (χ0n) is 22.0. The first-order valence-corrected chi connectivity index (χ1v) is 15.1. The Hall–Kier alpha value is -2.92. The van der Waals surface area contributed by atoms with E-state index >= 15 is 0 Å². The maximum atomic E-state index is 13.7. The topological polar surface area (TPSA) is 121 Å². The Balaban J connectivity index is 1.41. The van der Waals surface area contributed by atoms with E-state index in [0.717, 1.165) is 24.8 Å². The number of hydrogen-bond acceptors (Lipinski definition) is 6. The summed E-state index contributed by atoms with van der Waals surface area (Å²) in [7, 11) is -3.73. The normalized spacial score (nSPS) is 20.4. The Labute approximate surface area is 227 Å². The van der Waals surface area contributed by atoms with Crippen LogP contribution in [-0.4, -0.2) is 47.7 Å². The second-order valence-corrected chi connectivity index (χ2v) is 13.0. The van der Waals surface area contributed by atoms with Crippen LogP contribution in [0.3, 0.4) is 0 Å². The van der Waals surface area contributed by atoms with E-state index in [4.69, 9.17) is 5.11 Å². The van der Waals surface area contributed by atoms with E-state index in [1.807, 2.05) is 0 Å². The van der Waals surface area contributed by atoms with E-state index in [1.54, 1.807) is 25.1 Å². The van der Waals surface area contributed by atoms with Gasteiger partial charge in [-0.15, -0.1) is 0 Å². The third kappa shape index (κ3) is 6.63. The Morgan fingerprint density at radius 3 is 2.49 bits per heavy atom. The average molecular weight is 561 g/mol. The smallest absolute Gasteiger partial charge is 0.257 e. The van der Waals surface area contributed by atoms with E-state index in [0.29, 0.717) is 39.6 Å². The summed E-state index contributed by atoms with van der Waals surface area (Å²) in [5, 5.41) is 11.9. The van der Waals surface area contributed by atoms with E-state index in [9.17, 15) is 22.0 Å². The van der Waals surface area contributed by atoms with E-state index in [2.05, 4.69) is 26.1 Å². The quantitative estimate of drug-likeness (QED) is 0.397. The molecule has 0 bridgehead atoms. The molecule has 2 fully saturated rings. The van der Waals surface area contributed by atoms with Crippen LogP contribution in [0.1, 0.15) is 91.1 Å². The molecular weight excluding hydrogens is 526 g/mol. The molecule has 0 atom stereocenters. The minimum Gasteiger partial charge on any atom is -0.395 e. The van der Waals surface area contributed by atoms with Crippen LogP contribution in [0.25, 0.3) is 5.57 Å². The van der Waals surface area contributed by atoms with Gasteiger partial charge in [-0.1, -0.05) is 6.08 Å². The Kier molecular flexibility index (Phi) is 7.49. The summed E-state index contributed by atoms with van der Waals surface area (Å²) in [5.41, 5.74) is 3.34. The molecule has 0 unspecified atom stereocenters. The first-order valence-electron chi connectivity index (χ1n) is 13.5. The van der Waals surface area contributed by atoms with Crippen LogP contribution in [-0.2, 0) is 10.0 Å². The lowest BCUT2D eigenvalue weighted by atomic mass is 9.83. The van der Waals surface area contributed by atoms with Crippen molar-refractivity contribution in [3.05, 3.63) is 53.0 Å². The molecule has 39 heavy (non-hydrogen) atoms. The molecule has 2 saturated carbocycles. The summed E-state index contributed by atoms with van der Waals surface area (Å²) in [4.78, 5) is 22.5. The molecular formula is C28H34F2N4O4S. The van der Waals surface area contributed by atoms with E-state index in [1.165, 1.54) is 18.9 Å². The number of nitrogens with zero attached hydrogens (tertiary/aromatic N) is 2. The summed E-state index contributed by atoms with van der Waals surface area (Å²) in [6, 6.07) is 6.42. The molecule has 3 N–H and O–H groups in total. The second-order valence-electron chi connectivity index (χ2n) is 11.2. The third-order valence-corrected chi connectivity index (χ3v) is 9.37. The molecule has 5 rings (SSSR count). The summed E-state index contributed by atoms with van der Waals surface area (Å²) < 4.78 is 54.3. The van der Waals surface area contributed by atoms with Gasteiger partial charge in [0.25, 0.3) is 5.91 Å². The van der Waals surface area contributed by atoms with Crippen LogP contribution < -0.4 is 10.0 Å². The highest BCUT2D eigenvalue weighted by Crippen LogP contribution is 2.56. The molecule has 1 amide bonds. The van der Waals surface area contributed by atoms with Crippen molar-refractivity contribution in [3.8, 4) is 0 Å². The van der Waals surface area contributed by atoms with Gasteiger partial charge < -0.3 is 10.4 Å². The Morgan fingerprint density at radius 2 is 1.85 bits per heavy atom. The summed E-state index contributed by atoms with van der Waals surface area (Å²) in [6.45, 7) is 1.27. The number of aromatic nitrogens is 2. The minimum absolute atomic E-state index is 0.191. The molecule has 3 aliphatic rings. The number of benzene rings is 1. The van der Waals surface area contributed by atoms with Crippen LogP contribution in [0.5, 0.6) is 0 Å². The molecule has 210 valence electrons. The molecule has 1 spiro atoms. The zero-order chi connectivity index (χ0) is 27.8. The van der Waals surface area contributed by atoms with Crippen molar-refractivity contribution in [2.75, 3.05) is 22.4 Å². The van der Waals surface area contributed by atoms with Gasteiger partial charge in [-0.05, 0) is 86.6 Å². The van der Waals surface area contributed by atoms with Gasteiger partial charge in [-0.25, -0.2) is 27.2 Å². The summed E-state index contributed by atoms with van der Waals surface area (Å²) >= 11 is 0. The number of alkyl halides is 2. The van der Waals surface area contributed by atoms with Gasteiger partial charge in [0.1, 0.15) is 11.6 Å². The minimum atomic E-state index is -3.73.